The van der Waals surface area contributed by atoms with Crippen molar-refractivity contribution in [2.24, 2.45) is 4.99 Å². The summed E-state index contributed by atoms with van der Waals surface area (Å²) in [6.45, 7) is 1.49. The Morgan fingerprint density at radius 2 is 1.96 bits per heavy atom. The van der Waals surface area contributed by atoms with Crippen LogP contribution in [0.5, 0.6) is 11.5 Å². The van der Waals surface area contributed by atoms with E-state index in [0.29, 0.717) is 29.2 Å². The smallest absolute Gasteiger partial charge is 0.280 e. The Morgan fingerprint density at radius 3 is 2.77 bits per heavy atom. The van der Waals surface area contributed by atoms with Crippen LogP contribution in [0.4, 0.5) is 5.82 Å². The van der Waals surface area contributed by atoms with Gasteiger partial charge in [-0.3, -0.25) is 9.36 Å². The molecule has 1 aliphatic heterocycles. The zero-order valence-corrected chi connectivity index (χ0v) is 14.5. The average molecular weight is 350 g/mol. The Bertz CT molecular complexity index is 1070. The number of methoxy groups -OCH3 is 2. The van der Waals surface area contributed by atoms with E-state index >= 15 is 0 Å². The van der Waals surface area contributed by atoms with Gasteiger partial charge in [-0.05, 0) is 30.3 Å². The largest absolute Gasteiger partial charge is 0.493 e. The molecule has 0 atom stereocenters. The van der Waals surface area contributed by atoms with Crippen molar-refractivity contribution in [3.63, 3.8) is 0 Å². The third-order valence-electron chi connectivity index (χ3n) is 4.35. The van der Waals surface area contributed by atoms with Gasteiger partial charge in [0.25, 0.3) is 5.91 Å². The first kappa shape index (κ1) is 16.1. The van der Waals surface area contributed by atoms with Gasteiger partial charge in [-0.15, -0.1) is 0 Å². The van der Waals surface area contributed by atoms with Crippen molar-refractivity contribution in [3.8, 4) is 11.5 Å². The Hall–Kier alpha value is -3.35. The molecule has 0 radical (unpaired) electrons. The molecule has 2 aromatic carbocycles. The van der Waals surface area contributed by atoms with Crippen LogP contribution in [0.25, 0.3) is 10.9 Å². The summed E-state index contributed by atoms with van der Waals surface area (Å²) in [4.78, 5) is 21.5. The second-order valence-electron chi connectivity index (χ2n) is 5.84. The van der Waals surface area contributed by atoms with Gasteiger partial charge in [0.15, 0.2) is 11.5 Å². The fourth-order valence-electron chi connectivity index (χ4n) is 3.08. The lowest BCUT2D eigenvalue weighted by molar-refractivity contribution is 0.0996. The average Bonchev–Trinajstić information content (AvgIpc) is 3.18. The van der Waals surface area contributed by atoms with Gasteiger partial charge >= 0.3 is 0 Å². The van der Waals surface area contributed by atoms with Crippen molar-refractivity contribution >= 4 is 22.6 Å². The Kier molecular flexibility index (Phi) is 4.04. The highest BCUT2D eigenvalue weighted by Gasteiger charge is 2.16. The summed E-state index contributed by atoms with van der Waals surface area (Å²) in [5.41, 5.74) is 1.61. The Balaban J connectivity index is 1.83. The molecule has 1 aliphatic rings. The van der Waals surface area contributed by atoms with Gasteiger partial charge < -0.3 is 14.8 Å². The maximum Gasteiger partial charge on any atom is 0.280 e. The van der Waals surface area contributed by atoms with E-state index in [1.54, 1.807) is 25.3 Å². The minimum Gasteiger partial charge on any atom is -0.493 e. The molecule has 1 aromatic heterocycles. The topological polar surface area (TPSA) is 77.7 Å². The molecule has 4 rings (SSSR count). The van der Waals surface area contributed by atoms with Crippen molar-refractivity contribution in [1.82, 2.24) is 9.55 Å². The number of amides is 1. The van der Waals surface area contributed by atoms with Gasteiger partial charge in [-0.1, -0.05) is 12.1 Å². The van der Waals surface area contributed by atoms with Gasteiger partial charge in [0.2, 0.25) is 5.62 Å². The van der Waals surface area contributed by atoms with E-state index in [1.165, 1.54) is 7.11 Å². The SMILES string of the molecule is COc1ccc(C(=O)N=c2nc3ccccc3c3n2CCN3)cc1OC. The summed E-state index contributed by atoms with van der Waals surface area (Å²) < 4.78 is 12.4. The number of hydrogen-bond donors (Lipinski definition) is 1. The number of para-hydroxylation sites is 1. The maximum atomic E-state index is 12.7. The van der Waals surface area contributed by atoms with E-state index in [9.17, 15) is 4.79 Å². The summed E-state index contributed by atoms with van der Waals surface area (Å²) >= 11 is 0. The fourth-order valence-corrected chi connectivity index (χ4v) is 3.08. The monoisotopic (exact) mass is 350 g/mol. The summed E-state index contributed by atoms with van der Waals surface area (Å²) in [6.07, 6.45) is 0. The molecule has 1 amide bonds. The number of carbonyl (C=O) groups is 1. The van der Waals surface area contributed by atoms with Crippen molar-refractivity contribution < 1.29 is 14.3 Å². The van der Waals surface area contributed by atoms with Crippen LogP contribution in [0.1, 0.15) is 10.4 Å². The van der Waals surface area contributed by atoms with Crippen LogP contribution in [0.3, 0.4) is 0 Å². The van der Waals surface area contributed by atoms with Gasteiger partial charge in [-0.25, -0.2) is 4.98 Å². The highest BCUT2D eigenvalue weighted by atomic mass is 16.5. The number of ether oxygens (including phenoxy) is 2. The Labute approximate surface area is 149 Å². The molecular formula is C19H18N4O3. The molecule has 7 nitrogen and oxygen atoms in total. The number of carbonyl (C=O) groups excluding carboxylic acids is 1. The molecule has 26 heavy (non-hydrogen) atoms. The summed E-state index contributed by atoms with van der Waals surface area (Å²) in [5.74, 6) is 1.61. The van der Waals surface area contributed by atoms with Crippen LogP contribution in [0.15, 0.2) is 47.5 Å². The van der Waals surface area contributed by atoms with Crippen molar-refractivity contribution in [1.29, 1.82) is 0 Å². The molecule has 0 unspecified atom stereocenters. The molecule has 132 valence electrons. The summed E-state index contributed by atoms with van der Waals surface area (Å²) in [7, 11) is 3.08. The molecule has 1 N–H and O–H groups in total. The van der Waals surface area contributed by atoms with Crippen molar-refractivity contribution in [2.45, 2.75) is 6.54 Å². The van der Waals surface area contributed by atoms with Gasteiger partial charge in [0, 0.05) is 24.0 Å². The molecule has 0 aliphatic carbocycles. The van der Waals surface area contributed by atoms with E-state index < -0.39 is 0 Å². The quantitative estimate of drug-likeness (QED) is 0.784. The fraction of sp³-hybridized carbons (Fsp3) is 0.211. The minimum absolute atomic E-state index is 0.379. The first-order valence-corrected chi connectivity index (χ1v) is 8.26. The number of fused-ring (bicyclic) bond motifs is 3. The van der Waals surface area contributed by atoms with Gasteiger partial charge in [0.05, 0.1) is 19.7 Å². The second kappa shape index (κ2) is 6.51. The van der Waals surface area contributed by atoms with E-state index in [1.807, 2.05) is 28.8 Å². The standard InChI is InChI=1S/C19H18N4O3/c1-25-15-8-7-12(11-16(15)26-2)18(24)22-19-21-14-6-4-3-5-13(14)17-20-9-10-23(17)19/h3-8,11,20H,9-10H2,1-2H3. The van der Waals surface area contributed by atoms with Gasteiger partial charge in [-0.2, -0.15) is 4.99 Å². The number of benzene rings is 2. The number of hydrogen-bond acceptors (Lipinski definition) is 5. The van der Waals surface area contributed by atoms with E-state index in [-0.39, 0.29) is 5.91 Å². The lowest BCUT2D eigenvalue weighted by Crippen LogP contribution is -2.24. The van der Waals surface area contributed by atoms with Crippen LogP contribution in [0, 0.1) is 0 Å². The van der Waals surface area contributed by atoms with Crippen LogP contribution >= 0.6 is 0 Å². The maximum absolute atomic E-state index is 12.7. The molecule has 2 heterocycles. The molecular weight excluding hydrogens is 332 g/mol. The molecule has 3 aromatic rings. The molecule has 0 spiro atoms. The first-order valence-electron chi connectivity index (χ1n) is 8.26. The lowest BCUT2D eigenvalue weighted by Gasteiger charge is -2.09. The van der Waals surface area contributed by atoms with Crippen LogP contribution in [0.2, 0.25) is 0 Å². The zero-order valence-electron chi connectivity index (χ0n) is 14.5. The highest BCUT2D eigenvalue weighted by Crippen LogP contribution is 2.28. The van der Waals surface area contributed by atoms with Crippen LogP contribution < -0.4 is 20.4 Å². The zero-order chi connectivity index (χ0) is 18.1. The number of anilines is 1. The highest BCUT2D eigenvalue weighted by molar-refractivity contribution is 5.96. The van der Waals surface area contributed by atoms with E-state index in [4.69, 9.17) is 9.47 Å². The van der Waals surface area contributed by atoms with Crippen LogP contribution in [-0.2, 0) is 6.54 Å². The van der Waals surface area contributed by atoms with E-state index in [2.05, 4.69) is 15.3 Å². The molecule has 0 saturated heterocycles. The number of nitrogens with one attached hydrogen (secondary N) is 1. The third-order valence-corrected chi connectivity index (χ3v) is 4.35. The third kappa shape index (κ3) is 2.67. The lowest BCUT2D eigenvalue weighted by atomic mass is 10.2. The molecule has 0 bridgehead atoms. The van der Waals surface area contributed by atoms with Gasteiger partial charge in [0.1, 0.15) is 5.82 Å². The molecule has 0 fully saturated rings. The van der Waals surface area contributed by atoms with E-state index in [0.717, 1.165) is 23.3 Å². The first-order chi connectivity index (χ1) is 12.7. The second-order valence-corrected chi connectivity index (χ2v) is 5.84. The minimum atomic E-state index is -0.379. The molecule has 0 saturated carbocycles. The summed E-state index contributed by atoms with van der Waals surface area (Å²) in [5, 5.41) is 4.36. The predicted molar refractivity (Wildman–Crippen MR) is 97.7 cm³/mol. The summed E-state index contributed by atoms with van der Waals surface area (Å²) in [6, 6.07) is 12.8. The van der Waals surface area contributed by atoms with Crippen LogP contribution in [-0.4, -0.2) is 36.2 Å². The number of rotatable bonds is 3. The number of aromatic nitrogens is 2. The normalized spacial score (nSPS) is 13.4. The van der Waals surface area contributed by atoms with Crippen molar-refractivity contribution in [2.75, 3.05) is 26.1 Å². The molecule has 7 heteroatoms. The van der Waals surface area contributed by atoms with Crippen molar-refractivity contribution in [3.05, 3.63) is 53.6 Å². The number of nitrogens with zero attached hydrogens (tertiary/aromatic N) is 3. The predicted octanol–water partition coefficient (Wildman–Crippen LogP) is 2.22. The Morgan fingerprint density at radius 1 is 1.15 bits per heavy atom.